The lowest BCUT2D eigenvalue weighted by Gasteiger charge is -2.41. The number of carbonyl (C=O) groups excluding carboxylic acids is 3. The zero-order valence-corrected chi connectivity index (χ0v) is 31.9. The summed E-state index contributed by atoms with van der Waals surface area (Å²) in [6.45, 7) is 6.34. The molecule has 5 heterocycles. The van der Waals surface area contributed by atoms with Crippen molar-refractivity contribution in [2.45, 2.75) is 81.2 Å². The number of ether oxygens (including phenoxy) is 1. The summed E-state index contributed by atoms with van der Waals surface area (Å²) in [7, 11) is 0. The number of likely N-dealkylation sites (tertiary alicyclic amines) is 1. The largest absolute Gasteiger partial charge is 0.508 e. The number of amides is 3. The molecule has 4 aromatic carbocycles. The van der Waals surface area contributed by atoms with Crippen molar-refractivity contribution in [2.75, 3.05) is 44.2 Å². The number of anilines is 1. The number of rotatable bonds is 6. The molecule has 3 saturated heterocycles. The zero-order chi connectivity index (χ0) is 38.0. The summed E-state index contributed by atoms with van der Waals surface area (Å²) in [5.41, 5.74) is 9.33. The number of piperidine rings is 3. The van der Waals surface area contributed by atoms with E-state index in [0.29, 0.717) is 42.7 Å². The van der Waals surface area contributed by atoms with Crippen LogP contribution in [0.1, 0.15) is 101 Å². The van der Waals surface area contributed by atoms with Crippen molar-refractivity contribution in [1.82, 2.24) is 15.1 Å². The van der Waals surface area contributed by atoms with Crippen LogP contribution in [0.5, 0.6) is 11.5 Å². The number of aryl methyl sites for hydroxylation is 1. The van der Waals surface area contributed by atoms with Gasteiger partial charge in [0, 0.05) is 59.8 Å². The average Bonchev–Trinajstić information content (AvgIpc) is 3.76. The fourth-order valence-corrected chi connectivity index (χ4v) is 11.0. The molecule has 56 heavy (non-hydrogen) atoms. The van der Waals surface area contributed by atoms with Crippen LogP contribution in [-0.2, 0) is 28.0 Å². The lowest BCUT2D eigenvalue weighted by atomic mass is 9.69. The molecule has 0 unspecified atom stereocenters. The number of fused-ring (bicyclic) bond motifs is 5. The molecule has 2 N–H and O–H groups in total. The van der Waals surface area contributed by atoms with Crippen molar-refractivity contribution >= 4 is 23.4 Å². The number of hydrogen-bond acceptors (Lipinski definition) is 7. The maximum Gasteiger partial charge on any atom is 0.255 e. The molecule has 9 heteroatoms. The molecule has 0 radical (unpaired) electrons. The van der Waals surface area contributed by atoms with E-state index in [2.05, 4.69) is 81.8 Å². The van der Waals surface area contributed by atoms with Crippen molar-refractivity contribution in [3.63, 3.8) is 0 Å². The van der Waals surface area contributed by atoms with Crippen molar-refractivity contribution in [2.24, 2.45) is 5.92 Å². The van der Waals surface area contributed by atoms with Crippen LogP contribution in [0.2, 0.25) is 0 Å². The van der Waals surface area contributed by atoms with E-state index in [1.165, 1.54) is 46.3 Å². The van der Waals surface area contributed by atoms with Gasteiger partial charge in [-0.2, -0.15) is 0 Å². The van der Waals surface area contributed by atoms with Gasteiger partial charge in [-0.05, 0) is 122 Å². The van der Waals surface area contributed by atoms with Gasteiger partial charge in [0.05, 0.1) is 13.2 Å². The monoisotopic (exact) mass is 750 g/mol. The fourth-order valence-electron chi connectivity index (χ4n) is 11.0. The molecule has 6 aliphatic rings. The molecule has 0 aromatic heterocycles. The Morgan fingerprint density at radius 3 is 2.36 bits per heavy atom. The third kappa shape index (κ3) is 6.15. The SMILES string of the molecule is O=C1CC[C@H](N2Cc3c(ccc4c3OCC43CCN(CC4CCN(c5ccc([C@@H]6c7ccc(O)cc7CC[C@@H]6c6ccccc6)cc5)CC4)CC3)C2=O)C(=O)N1. The second-order valence-electron chi connectivity index (χ2n) is 17.2. The standard InChI is InChI=1S/C47H50N4O5/c52-35-11-13-37-33(26-35)8-12-36(31-4-2-1-3-5-31)43(37)32-6-9-34(10-7-32)50-22-18-30(19-23-50)27-49-24-20-47(21-25-49)29-56-44-39-28-51(41-16-17-42(53)48-45(41)54)46(55)38(39)14-15-40(44)47/h1-7,9-11,13-15,26,30,36,41,43,52H,8,12,16-25,27-29H2,(H,48,53,54)/t36-,41+,43+/m1/s1. The van der Waals surface area contributed by atoms with Gasteiger partial charge in [0.2, 0.25) is 11.8 Å². The second kappa shape index (κ2) is 14.1. The third-order valence-corrected chi connectivity index (χ3v) is 14.1. The zero-order valence-electron chi connectivity index (χ0n) is 31.9. The topological polar surface area (TPSA) is 102 Å². The van der Waals surface area contributed by atoms with Crippen LogP contribution in [-0.4, -0.2) is 78.0 Å². The van der Waals surface area contributed by atoms with Crippen molar-refractivity contribution in [1.29, 1.82) is 0 Å². The lowest BCUT2D eigenvalue weighted by Crippen LogP contribution is -2.52. The number of hydrogen-bond donors (Lipinski definition) is 2. The maximum absolute atomic E-state index is 13.4. The fraction of sp³-hybridized carbons (Fsp3) is 0.426. The summed E-state index contributed by atoms with van der Waals surface area (Å²) in [5.74, 6) is 1.73. The Bertz CT molecular complexity index is 2170. The number of phenols is 1. The molecule has 5 aliphatic heterocycles. The Morgan fingerprint density at radius 1 is 0.804 bits per heavy atom. The molecule has 9 nitrogen and oxygen atoms in total. The molecule has 0 saturated carbocycles. The number of phenolic OH excluding ortho intramolecular Hbond substituents is 1. The van der Waals surface area contributed by atoms with Gasteiger partial charge >= 0.3 is 0 Å². The molecule has 4 aromatic rings. The summed E-state index contributed by atoms with van der Waals surface area (Å²) in [4.78, 5) is 44.5. The molecular formula is C47H50N4O5. The minimum Gasteiger partial charge on any atom is -0.508 e. The van der Waals surface area contributed by atoms with Crippen LogP contribution in [0, 0.1) is 5.92 Å². The quantitative estimate of drug-likeness (QED) is 0.213. The Balaban J connectivity index is 0.755. The van der Waals surface area contributed by atoms with E-state index < -0.39 is 6.04 Å². The molecule has 3 atom stereocenters. The van der Waals surface area contributed by atoms with Crippen LogP contribution in [0.15, 0.2) is 84.9 Å². The van der Waals surface area contributed by atoms with Crippen LogP contribution in [0.25, 0.3) is 0 Å². The highest BCUT2D eigenvalue weighted by Gasteiger charge is 2.48. The molecule has 3 amide bonds. The summed E-state index contributed by atoms with van der Waals surface area (Å²) in [6, 6.07) is 29.6. The average molecular weight is 751 g/mol. The van der Waals surface area contributed by atoms with E-state index in [0.717, 1.165) is 69.7 Å². The highest BCUT2D eigenvalue weighted by atomic mass is 16.5. The molecule has 3 fully saturated rings. The molecule has 288 valence electrons. The van der Waals surface area contributed by atoms with E-state index in [-0.39, 0.29) is 35.5 Å². The highest BCUT2D eigenvalue weighted by Crippen LogP contribution is 2.50. The smallest absolute Gasteiger partial charge is 0.255 e. The second-order valence-corrected chi connectivity index (χ2v) is 17.2. The predicted octanol–water partition coefficient (Wildman–Crippen LogP) is 6.66. The van der Waals surface area contributed by atoms with Gasteiger partial charge in [-0.1, -0.05) is 54.6 Å². The number of nitrogens with zero attached hydrogens (tertiary/aromatic N) is 3. The van der Waals surface area contributed by atoms with Gasteiger partial charge < -0.3 is 24.5 Å². The molecule has 1 spiro atoms. The maximum atomic E-state index is 13.4. The van der Waals surface area contributed by atoms with Crippen molar-refractivity contribution < 1.29 is 24.2 Å². The Hall–Kier alpha value is -5.15. The van der Waals surface area contributed by atoms with Gasteiger partial charge in [-0.25, -0.2) is 0 Å². The lowest BCUT2D eigenvalue weighted by molar-refractivity contribution is -0.136. The summed E-state index contributed by atoms with van der Waals surface area (Å²) in [6.07, 6.45) is 7.10. The summed E-state index contributed by atoms with van der Waals surface area (Å²) < 4.78 is 6.42. The van der Waals surface area contributed by atoms with E-state index in [4.69, 9.17) is 4.74 Å². The first kappa shape index (κ1) is 35.3. The number of aromatic hydroxyl groups is 1. The Labute approximate surface area is 328 Å². The molecule has 1 aliphatic carbocycles. The normalized spacial score (nSPS) is 24.8. The van der Waals surface area contributed by atoms with Gasteiger partial charge in [0.1, 0.15) is 17.5 Å². The van der Waals surface area contributed by atoms with Crippen LogP contribution in [0.4, 0.5) is 5.69 Å². The Morgan fingerprint density at radius 2 is 1.59 bits per heavy atom. The minimum absolute atomic E-state index is 0.0376. The first-order chi connectivity index (χ1) is 27.3. The number of nitrogens with one attached hydrogen (secondary N) is 1. The highest BCUT2D eigenvalue weighted by molar-refractivity contribution is 6.05. The molecular weight excluding hydrogens is 701 g/mol. The van der Waals surface area contributed by atoms with Crippen LogP contribution < -0.4 is 15.0 Å². The van der Waals surface area contributed by atoms with E-state index >= 15 is 0 Å². The Kier molecular flexibility index (Phi) is 8.88. The predicted molar refractivity (Wildman–Crippen MR) is 214 cm³/mol. The van der Waals surface area contributed by atoms with Crippen molar-refractivity contribution in [3.8, 4) is 11.5 Å². The number of benzene rings is 4. The first-order valence-electron chi connectivity index (χ1n) is 20.7. The number of imide groups is 1. The third-order valence-electron chi connectivity index (χ3n) is 14.1. The van der Waals surface area contributed by atoms with Gasteiger partial charge in [-0.15, -0.1) is 0 Å². The molecule has 10 rings (SSSR count). The van der Waals surface area contributed by atoms with Gasteiger partial charge in [-0.3, -0.25) is 19.7 Å². The number of carbonyl (C=O) groups is 3. The van der Waals surface area contributed by atoms with Gasteiger partial charge in [0.15, 0.2) is 0 Å². The van der Waals surface area contributed by atoms with Gasteiger partial charge in [0.25, 0.3) is 5.91 Å². The van der Waals surface area contributed by atoms with E-state index in [9.17, 15) is 19.5 Å². The minimum atomic E-state index is -0.620. The summed E-state index contributed by atoms with van der Waals surface area (Å²) >= 11 is 0. The van der Waals surface area contributed by atoms with Crippen LogP contribution >= 0.6 is 0 Å². The van der Waals surface area contributed by atoms with Crippen LogP contribution in [0.3, 0.4) is 0 Å². The van der Waals surface area contributed by atoms with E-state index in [1.54, 1.807) is 4.90 Å². The first-order valence-corrected chi connectivity index (χ1v) is 20.7. The summed E-state index contributed by atoms with van der Waals surface area (Å²) in [5, 5.41) is 12.6. The van der Waals surface area contributed by atoms with Crippen molar-refractivity contribution in [3.05, 3.63) is 124 Å². The molecule has 0 bridgehead atoms. The van der Waals surface area contributed by atoms with E-state index in [1.807, 2.05) is 18.2 Å².